The molecule has 0 aliphatic rings. The van der Waals surface area contributed by atoms with Gasteiger partial charge >= 0.3 is 11.9 Å². The number of carbonyl (C=O) groups is 2. The fraction of sp³-hybridized carbons (Fsp3) is 0.125. The van der Waals surface area contributed by atoms with Crippen LogP contribution in [-0.4, -0.2) is 31.1 Å². The number of ether oxygens (including phenoxy) is 2. The van der Waals surface area contributed by atoms with Crippen LogP contribution in [0.15, 0.2) is 30.3 Å². The number of carbonyl (C=O) groups excluding carboxylic acids is 2. The minimum atomic E-state index is -0.644. The predicted octanol–water partition coefficient (Wildman–Crippen LogP) is 3.55. The Morgan fingerprint density at radius 2 is 1.77 bits per heavy atom. The lowest BCUT2D eigenvalue weighted by molar-refractivity contribution is 0.0557. The third kappa shape index (κ3) is 2.02. The molecule has 3 rings (SSSR count). The zero-order chi connectivity index (χ0) is 15.9. The highest BCUT2D eigenvalue weighted by Crippen LogP contribution is 2.35. The van der Waals surface area contributed by atoms with Crippen LogP contribution in [0.5, 0.6) is 0 Å². The summed E-state index contributed by atoms with van der Waals surface area (Å²) in [6, 6.07) is 8.83. The van der Waals surface area contributed by atoms with Crippen LogP contribution in [0.2, 0.25) is 5.02 Å². The Kier molecular flexibility index (Phi) is 3.50. The Morgan fingerprint density at radius 1 is 1.09 bits per heavy atom. The zero-order valence-corrected chi connectivity index (χ0v) is 12.7. The van der Waals surface area contributed by atoms with Gasteiger partial charge in [-0.05, 0) is 12.1 Å². The van der Waals surface area contributed by atoms with E-state index in [9.17, 15) is 9.59 Å². The molecule has 112 valence electrons. The number of methoxy groups -OCH3 is 2. The van der Waals surface area contributed by atoms with Gasteiger partial charge in [0.05, 0.1) is 35.9 Å². The quantitative estimate of drug-likeness (QED) is 0.734. The summed E-state index contributed by atoms with van der Waals surface area (Å²) in [6.45, 7) is 0. The maximum Gasteiger partial charge on any atom is 0.339 e. The molecule has 0 amide bonds. The van der Waals surface area contributed by atoms with E-state index in [1.807, 2.05) is 24.3 Å². The molecule has 0 unspecified atom stereocenters. The predicted molar refractivity (Wildman–Crippen MR) is 83.5 cm³/mol. The van der Waals surface area contributed by atoms with E-state index in [4.69, 9.17) is 21.1 Å². The van der Waals surface area contributed by atoms with Crippen LogP contribution in [0.4, 0.5) is 0 Å². The average Bonchev–Trinajstić information content (AvgIpc) is 2.93. The number of aromatic amines is 1. The molecule has 1 heterocycles. The van der Waals surface area contributed by atoms with Gasteiger partial charge in [-0.2, -0.15) is 0 Å². The van der Waals surface area contributed by atoms with Crippen molar-refractivity contribution in [1.82, 2.24) is 4.98 Å². The summed E-state index contributed by atoms with van der Waals surface area (Å²) in [5.74, 6) is -1.26. The first-order valence-electron chi connectivity index (χ1n) is 6.48. The zero-order valence-electron chi connectivity index (χ0n) is 11.9. The first kappa shape index (κ1) is 14.4. The van der Waals surface area contributed by atoms with Gasteiger partial charge in [-0.3, -0.25) is 0 Å². The van der Waals surface area contributed by atoms with Gasteiger partial charge in [-0.15, -0.1) is 0 Å². The Hall–Kier alpha value is -2.53. The Bertz CT molecular complexity index is 913. The van der Waals surface area contributed by atoms with Crippen molar-refractivity contribution in [1.29, 1.82) is 0 Å². The summed E-state index contributed by atoms with van der Waals surface area (Å²) in [5, 5.41) is 1.67. The van der Waals surface area contributed by atoms with Crippen LogP contribution in [0.25, 0.3) is 21.8 Å². The number of benzene rings is 2. The van der Waals surface area contributed by atoms with Crippen molar-refractivity contribution in [2.45, 2.75) is 0 Å². The smallest absolute Gasteiger partial charge is 0.339 e. The third-order valence-corrected chi connectivity index (χ3v) is 3.83. The number of para-hydroxylation sites is 1. The van der Waals surface area contributed by atoms with Gasteiger partial charge in [0, 0.05) is 16.3 Å². The molecule has 0 fully saturated rings. The van der Waals surface area contributed by atoms with Gasteiger partial charge < -0.3 is 14.5 Å². The van der Waals surface area contributed by atoms with Crippen LogP contribution in [0.1, 0.15) is 20.7 Å². The first-order chi connectivity index (χ1) is 10.6. The lowest BCUT2D eigenvalue weighted by Crippen LogP contribution is -2.12. The summed E-state index contributed by atoms with van der Waals surface area (Å²) in [5.41, 5.74) is 1.62. The second-order valence-corrected chi connectivity index (χ2v) is 5.09. The molecule has 0 radical (unpaired) electrons. The second kappa shape index (κ2) is 5.35. The van der Waals surface area contributed by atoms with Crippen LogP contribution >= 0.6 is 11.6 Å². The molecule has 6 heteroatoms. The van der Waals surface area contributed by atoms with Crippen LogP contribution in [-0.2, 0) is 9.47 Å². The highest BCUT2D eigenvalue weighted by Gasteiger charge is 2.25. The number of hydrogen-bond donors (Lipinski definition) is 1. The standard InChI is InChI=1S/C16H12ClNO4/c1-21-15(19)9-7-10(17)14-12(13(9)16(20)22-2)8-5-3-4-6-11(8)18-14/h3-7,18H,1-2H3. The van der Waals surface area contributed by atoms with E-state index in [0.717, 1.165) is 10.9 Å². The number of nitrogens with one attached hydrogen (secondary N) is 1. The molecule has 1 N–H and O–H groups in total. The van der Waals surface area contributed by atoms with Crippen LogP contribution < -0.4 is 0 Å². The summed E-state index contributed by atoms with van der Waals surface area (Å²) < 4.78 is 9.58. The minimum Gasteiger partial charge on any atom is -0.465 e. The van der Waals surface area contributed by atoms with Gasteiger partial charge in [0.15, 0.2) is 0 Å². The van der Waals surface area contributed by atoms with E-state index in [1.54, 1.807) is 0 Å². The van der Waals surface area contributed by atoms with Gasteiger partial charge in [0.25, 0.3) is 0 Å². The fourth-order valence-electron chi connectivity index (χ4n) is 2.57. The van der Waals surface area contributed by atoms with E-state index >= 15 is 0 Å². The molecular formula is C16H12ClNO4. The Balaban J connectivity index is 2.54. The molecule has 2 aromatic carbocycles. The van der Waals surface area contributed by atoms with Crippen molar-refractivity contribution in [3.63, 3.8) is 0 Å². The number of rotatable bonds is 2. The number of H-pyrrole nitrogens is 1. The highest BCUT2D eigenvalue weighted by molar-refractivity contribution is 6.38. The number of halogens is 1. The van der Waals surface area contributed by atoms with Crippen molar-refractivity contribution in [2.24, 2.45) is 0 Å². The fourth-order valence-corrected chi connectivity index (χ4v) is 2.82. The van der Waals surface area contributed by atoms with Gasteiger partial charge in [0.1, 0.15) is 0 Å². The molecule has 0 atom stereocenters. The van der Waals surface area contributed by atoms with E-state index < -0.39 is 11.9 Å². The molecule has 22 heavy (non-hydrogen) atoms. The van der Waals surface area contributed by atoms with E-state index in [1.165, 1.54) is 20.3 Å². The maximum absolute atomic E-state index is 12.2. The molecular weight excluding hydrogens is 306 g/mol. The largest absolute Gasteiger partial charge is 0.465 e. The van der Waals surface area contributed by atoms with Gasteiger partial charge in [-0.25, -0.2) is 9.59 Å². The molecule has 5 nitrogen and oxygen atoms in total. The molecule has 1 aromatic heterocycles. The maximum atomic E-state index is 12.2. The minimum absolute atomic E-state index is 0.0802. The van der Waals surface area contributed by atoms with E-state index in [0.29, 0.717) is 15.9 Å². The molecule has 0 spiro atoms. The lowest BCUT2D eigenvalue weighted by atomic mass is 10.0. The van der Waals surface area contributed by atoms with Crippen molar-refractivity contribution < 1.29 is 19.1 Å². The van der Waals surface area contributed by atoms with Crippen molar-refractivity contribution >= 4 is 45.3 Å². The van der Waals surface area contributed by atoms with Crippen molar-refractivity contribution in [2.75, 3.05) is 14.2 Å². The Morgan fingerprint density at radius 3 is 2.45 bits per heavy atom. The summed E-state index contributed by atoms with van der Waals surface area (Å²) in [4.78, 5) is 27.4. The van der Waals surface area contributed by atoms with E-state index in [2.05, 4.69) is 4.98 Å². The van der Waals surface area contributed by atoms with Crippen molar-refractivity contribution in [3.05, 3.63) is 46.5 Å². The number of fused-ring (bicyclic) bond motifs is 3. The lowest BCUT2D eigenvalue weighted by Gasteiger charge is -2.09. The monoisotopic (exact) mass is 317 g/mol. The summed E-state index contributed by atoms with van der Waals surface area (Å²) in [6.07, 6.45) is 0. The Labute approximate surface area is 130 Å². The van der Waals surface area contributed by atoms with Crippen molar-refractivity contribution in [3.8, 4) is 0 Å². The summed E-state index contributed by atoms with van der Waals surface area (Å²) in [7, 11) is 2.51. The normalized spacial score (nSPS) is 10.9. The van der Waals surface area contributed by atoms with Gasteiger partial charge in [-0.1, -0.05) is 29.8 Å². The number of esters is 2. The van der Waals surface area contributed by atoms with Crippen LogP contribution in [0.3, 0.4) is 0 Å². The molecule has 0 aliphatic heterocycles. The molecule has 3 aromatic rings. The highest BCUT2D eigenvalue weighted by atomic mass is 35.5. The second-order valence-electron chi connectivity index (χ2n) is 4.68. The van der Waals surface area contributed by atoms with E-state index in [-0.39, 0.29) is 11.1 Å². The summed E-state index contributed by atoms with van der Waals surface area (Å²) >= 11 is 6.26. The SMILES string of the molecule is COC(=O)c1cc(Cl)c2[nH]c3ccccc3c2c1C(=O)OC. The molecule has 0 saturated carbocycles. The van der Waals surface area contributed by atoms with Crippen LogP contribution in [0, 0.1) is 0 Å². The molecule has 0 aliphatic carbocycles. The molecule has 0 saturated heterocycles. The number of hydrogen-bond acceptors (Lipinski definition) is 4. The number of aromatic nitrogens is 1. The topological polar surface area (TPSA) is 68.4 Å². The van der Waals surface area contributed by atoms with Gasteiger partial charge in [0.2, 0.25) is 0 Å². The first-order valence-corrected chi connectivity index (χ1v) is 6.85. The molecule has 0 bridgehead atoms. The average molecular weight is 318 g/mol. The third-order valence-electron chi connectivity index (χ3n) is 3.53.